The first-order valence-electron chi connectivity index (χ1n) is 31.5. The number of benzene rings is 2. The zero-order valence-electron chi connectivity index (χ0n) is 55.5. The Balaban J connectivity index is 0.000000622. The molecule has 2 aliphatic heterocycles. The first kappa shape index (κ1) is 90.4. The molecule has 2 aromatic carbocycles. The molecule has 0 amide bonds. The van der Waals surface area contributed by atoms with Crippen molar-refractivity contribution in [3.05, 3.63) is 41.0 Å². The minimum atomic E-state index is -1.60. The number of nitrogens with zero attached hydrogens (tertiary/aromatic N) is 1. The van der Waals surface area contributed by atoms with Gasteiger partial charge in [0, 0.05) is 490 Å². The summed E-state index contributed by atoms with van der Waals surface area (Å²) in [5, 5.41) is 0. The van der Waals surface area contributed by atoms with Crippen LogP contribution >= 0.6 is 0 Å². The Kier molecular flexibility index (Phi) is 39.8. The Bertz CT molecular complexity index is 2430. The molecule has 0 fully saturated rings. The summed E-state index contributed by atoms with van der Waals surface area (Å²) in [5.74, 6) is 3.71. The lowest BCUT2D eigenvalue weighted by Gasteiger charge is -2.59. The normalized spacial score (nSPS) is 12.2. The van der Waals surface area contributed by atoms with Gasteiger partial charge in [-0.2, -0.15) is 0 Å². The average molecular weight is 1120 g/mol. The van der Waals surface area contributed by atoms with Crippen molar-refractivity contribution in [2.24, 2.45) is 0 Å². The molecule has 4 rings (SSSR count). The van der Waals surface area contributed by atoms with Crippen LogP contribution in [0.25, 0.3) is 0 Å². The smallest absolute Gasteiger partial charge is 0.231 e. The Morgan fingerprint density at radius 2 is 0.768 bits per heavy atom. The Morgan fingerprint density at radius 3 is 1.07 bits per heavy atom. The second-order valence-corrected chi connectivity index (χ2v) is 25.8. The molecule has 66 radical (unpaired) electrons. The predicted molar refractivity (Wildman–Crippen MR) is 484 cm³/mol. The van der Waals surface area contributed by atoms with Crippen LogP contribution in [-0.2, 0) is 17.6 Å². The van der Waals surface area contributed by atoms with Gasteiger partial charge in [-0.3, -0.25) is 9.69 Å². The molecule has 2 heterocycles. The van der Waals surface area contributed by atoms with Crippen molar-refractivity contribution in [1.29, 1.82) is 0 Å². The lowest BCUT2D eigenvalue weighted by molar-refractivity contribution is -0.120. The molecule has 7 nitrogen and oxygen atoms in total. The molecule has 0 bridgehead atoms. The SMILES string of the molecule is COc1ccc(CCC(=O)CC2c3c(cc4c(c3OC)OCO4)CCN2C)c(OC)c1.[B]B([B])B([B])B(B([B])[B])B(B(B([B])[B])B([B])[B])B(B(B(B([B])[B])B([B])[B])B(B([B])[B])B([B])[B])B(B(B(B([B])[B])B([B])[B])B(B([B])[B])B([B])[B])B(B(B([B])[B])B([B])[B])B(B([B])[B])B([B])[B]. The van der Waals surface area contributed by atoms with E-state index in [4.69, 9.17) is 279 Å². The van der Waals surface area contributed by atoms with Crippen LogP contribution < -0.4 is 23.7 Å². The van der Waals surface area contributed by atoms with E-state index in [1.807, 2.05) is 24.3 Å². The molecule has 0 spiro atoms. The Labute approximate surface area is 630 Å². The maximum Gasteiger partial charge on any atom is 0.231 e. The zero-order chi connectivity index (χ0) is 72.9. The number of ether oxygens (including phenoxy) is 5. The number of ketones is 1. The van der Waals surface area contributed by atoms with Gasteiger partial charge in [0.15, 0.2) is 11.5 Å². The molecule has 2 aliphatic rings. The van der Waals surface area contributed by atoms with Gasteiger partial charge in [0.2, 0.25) is 12.5 Å². The van der Waals surface area contributed by atoms with Gasteiger partial charge >= 0.3 is 0 Å². The van der Waals surface area contributed by atoms with Crippen LogP contribution in [0.5, 0.6) is 28.7 Å². The molecule has 0 aliphatic carbocycles. The number of aryl methyl sites for hydroxylation is 1. The zero-order valence-corrected chi connectivity index (χ0v) is 55.5. The standard InChI is InChI=1S/C24H29NO6.B64/c1-25-10-9-16-11-21-23(31-14-30-21)24(29-4)22(16)19(25)12-17(26)7-5-15-6-8-18(27-2)13-20(15)28-3;1-34(2)50(33)58(49(31)32)62(57(47(27)28)48(29)30)64(61(55(43(19)20)44(21)22)56(45(23)24)46(25)26)63(59(51(35(3)4)36(5)6)52(37(7)8)38(9)10)60(53(39(11)12)40(13)14)54(41(15)16)42(17)18/h6,8,11,13,19H,5,7,9-10,12,14H2,1-4H3;. The minimum absolute atomic E-state index is 0.0570. The third-order valence-corrected chi connectivity index (χ3v) is 19.5. The third kappa shape index (κ3) is 23.4. The lowest BCUT2D eigenvalue weighted by atomic mass is 8.22. The fourth-order valence-corrected chi connectivity index (χ4v) is 15.5. The molecule has 0 N–H and O–H groups in total. The van der Waals surface area contributed by atoms with Crippen molar-refractivity contribution in [3.8, 4) is 28.7 Å². The summed E-state index contributed by atoms with van der Waals surface area (Å²) in [6.45, 7) is 1.07. The summed E-state index contributed by atoms with van der Waals surface area (Å²) in [7, 11) is 226. The van der Waals surface area contributed by atoms with Crippen molar-refractivity contribution >= 4 is 459 Å². The fraction of sp³-hybridized carbons (Fsp3) is 0.458. The summed E-state index contributed by atoms with van der Waals surface area (Å²) in [4.78, 5) is 15.2. The molecular formula is C24H29B64NO6. The highest BCUT2D eigenvalue weighted by Crippen LogP contribution is 2.50. The number of fused-ring (bicyclic) bond motifs is 2. The van der Waals surface area contributed by atoms with E-state index in [9.17, 15) is 4.79 Å². The molecule has 358 valence electrons. The minimum Gasteiger partial charge on any atom is -0.497 e. The molecule has 0 aromatic heterocycles. The highest BCUT2D eigenvalue weighted by molar-refractivity contribution is 8.38. The van der Waals surface area contributed by atoms with Crippen LogP contribution in [0.4, 0.5) is 0 Å². The van der Waals surface area contributed by atoms with E-state index in [-0.39, 0.29) is 18.6 Å². The van der Waals surface area contributed by atoms with Crippen LogP contribution in [0, 0.1) is 0 Å². The highest BCUT2D eigenvalue weighted by atomic mass is 16.7. The van der Waals surface area contributed by atoms with Crippen LogP contribution in [-0.4, -0.2) is 506 Å². The van der Waals surface area contributed by atoms with Crippen LogP contribution in [0.15, 0.2) is 24.3 Å². The maximum atomic E-state index is 13.0. The number of hydrogen-bond donors (Lipinski definition) is 0. The lowest BCUT2D eigenvalue weighted by Crippen LogP contribution is -2.97. The Morgan fingerprint density at radius 1 is 0.432 bits per heavy atom. The molecule has 2 aromatic rings. The third-order valence-electron chi connectivity index (χ3n) is 19.5. The van der Waals surface area contributed by atoms with Crippen LogP contribution in [0.1, 0.15) is 35.6 Å². The first-order chi connectivity index (χ1) is 44.1. The molecule has 0 saturated heterocycles. The summed E-state index contributed by atoms with van der Waals surface area (Å²) in [6.07, 6.45) is -43.7. The van der Waals surface area contributed by atoms with E-state index < -0.39 is 198 Å². The van der Waals surface area contributed by atoms with E-state index in [1.165, 1.54) is 0 Å². The summed E-state index contributed by atoms with van der Waals surface area (Å²) in [5.41, 5.74) is 3.19. The number of hydrogen-bond acceptors (Lipinski definition) is 7. The maximum absolute atomic E-state index is 13.0. The molecule has 71 heteroatoms. The average Bonchev–Trinajstić information content (AvgIpc) is 0.847. The second-order valence-electron chi connectivity index (χ2n) is 25.8. The molecule has 1 atom stereocenters. The molecule has 95 heavy (non-hydrogen) atoms. The van der Waals surface area contributed by atoms with Crippen LogP contribution in [0.2, 0.25) is 0 Å². The van der Waals surface area contributed by atoms with E-state index in [0.717, 1.165) is 46.9 Å². The van der Waals surface area contributed by atoms with E-state index >= 15 is 0 Å². The number of carbonyl (C=O) groups is 1. The van der Waals surface area contributed by atoms with Crippen molar-refractivity contribution in [2.75, 3.05) is 41.7 Å². The number of rotatable bonds is 38. The number of likely N-dealkylation sites (N-methyl/N-ethyl adjacent to an activating group) is 1. The number of methoxy groups -OCH3 is 3. The van der Waals surface area contributed by atoms with E-state index in [2.05, 4.69) is 11.9 Å². The van der Waals surface area contributed by atoms with Gasteiger partial charge in [-0.25, -0.2) is 0 Å². The molecular weight excluding hydrogens is 1090 g/mol. The van der Waals surface area contributed by atoms with Gasteiger partial charge in [-0.15, -0.1) is 0 Å². The van der Waals surface area contributed by atoms with Gasteiger partial charge in [0.05, 0.1) is 21.3 Å². The van der Waals surface area contributed by atoms with Gasteiger partial charge in [0.1, 0.15) is 17.3 Å². The number of Topliss-reactive ketones (excluding diaryl/α,β-unsaturated/α-hetero) is 1. The van der Waals surface area contributed by atoms with Crippen molar-refractivity contribution < 1.29 is 28.5 Å². The Hall–Kier alpha value is 1.23. The number of carbonyl (C=O) groups excluding carboxylic acids is 1. The predicted octanol–water partition coefficient (Wildman–Crippen LogP) is -20.8. The van der Waals surface area contributed by atoms with Crippen molar-refractivity contribution in [2.45, 2.75) is 31.7 Å². The molecule has 1 unspecified atom stereocenters. The van der Waals surface area contributed by atoms with Gasteiger partial charge in [-0.05, 0) is 43.1 Å². The molecule has 0 saturated carbocycles. The monoisotopic (exact) mass is 1130 g/mol. The largest absolute Gasteiger partial charge is 0.497 e. The van der Waals surface area contributed by atoms with Crippen LogP contribution in [0.3, 0.4) is 0 Å². The highest BCUT2D eigenvalue weighted by Gasteiger charge is 2.63. The van der Waals surface area contributed by atoms with E-state index in [0.29, 0.717) is 30.8 Å². The summed E-state index contributed by atoms with van der Waals surface area (Å²) in [6, 6.07) is 7.67. The van der Waals surface area contributed by atoms with Gasteiger partial charge in [0.25, 0.3) is 0 Å². The fourth-order valence-electron chi connectivity index (χ4n) is 15.5. The summed E-state index contributed by atoms with van der Waals surface area (Å²) < 4.78 is 27.7. The van der Waals surface area contributed by atoms with Gasteiger partial charge < -0.3 is 23.7 Å². The van der Waals surface area contributed by atoms with E-state index in [1.54, 1.807) is 21.3 Å². The summed E-state index contributed by atoms with van der Waals surface area (Å²) >= 11 is 0. The van der Waals surface area contributed by atoms with Crippen molar-refractivity contribution in [3.63, 3.8) is 0 Å². The second kappa shape index (κ2) is 41.8. The van der Waals surface area contributed by atoms with Gasteiger partial charge in [-0.1, -0.05) is 6.07 Å². The first-order valence-corrected chi connectivity index (χ1v) is 31.5. The van der Waals surface area contributed by atoms with Crippen molar-refractivity contribution in [1.82, 2.24) is 4.90 Å². The quantitative estimate of drug-likeness (QED) is 0.0621. The topological polar surface area (TPSA) is 66.5 Å².